The Kier molecular flexibility index (Phi) is 7.44. The predicted molar refractivity (Wildman–Crippen MR) is 125 cm³/mol. The van der Waals surface area contributed by atoms with Gasteiger partial charge in [-0.25, -0.2) is 14.8 Å². The van der Waals surface area contributed by atoms with E-state index >= 15 is 0 Å². The summed E-state index contributed by atoms with van der Waals surface area (Å²) in [5, 5.41) is 8.00. The molecule has 1 unspecified atom stereocenters. The van der Waals surface area contributed by atoms with Crippen LogP contribution in [0.3, 0.4) is 0 Å². The number of esters is 1. The van der Waals surface area contributed by atoms with Gasteiger partial charge >= 0.3 is 5.97 Å². The monoisotopic (exact) mass is 454 g/mol. The maximum atomic E-state index is 12.6. The maximum absolute atomic E-state index is 12.6. The molecule has 1 aromatic heterocycles. The number of thioether (sulfide) groups is 1. The molecular weight excluding hydrogens is 424 g/mol. The Labute approximate surface area is 193 Å². The summed E-state index contributed by atoms with van der Waals surface area (Å²) < 4.78 is 11.3. The lowest BCUT2D eigenvalue weighted by molar-refractivity contribution is 0.0389. The lowest BCUT2D eigenvalue weighted by Gasteiger charge is -2.35. The number of hydrogen-bond acceptors (Lipinski definition) is 8. The summed E-state index contributed by atoms with van der Waals surface area (Å²) in [5.41, 5.74) is 3.21. The zero-order chi connectivity index (χ0) is 22.5. The van der Waals surface area contributed by atoms with E-state index in [2.05, 4.69) is 15.6 Å². The molecule has 170 valence electrons. The number of ether oxygens (including phenoxy) is 2. The lowest BCUT2D eigenvalue weighted by atomic mass is 9.92. The molecular formula is C24H30N4O3S. The minimum absolute atomic E-state index is 0.180. The molecule has 1 saturated carbocycles. The highest BCUT2D eigenvalue weighted by atomic mass is 32.2. The summed E-state index contributed by atoms with van der Waals surface area (Å²) in [5.74, 6) is -0.344. The van der Waals surface area contributed by atoms with Crippen LogP contribution in [0.2, 0.25) is 0 Å². The van der Waals surface area contributed by atoms with E-state index < -0.39 is 6.10 Å². The maximum Gasteiger partial charge on any atom is 0.338 e. The molecule has 2 aromatic rings. The van der Waals surface area contributed by atoms with Crippen LogP contribution in [0.1, 0.15) is 60.4 Å². The van der Waals surface area contributed by atoms with Gasteiger partial charge in [0.05, 0.1) is 23.1 Å². The van der Waals surface area contributed by atoms with Crippen molar-refractivity contribution in [2.24, 2.45) is 0 Å². The number of hydrogen-bond donors (Lipinski definition) is 2. The fourth-order valence-corrected chi connectivity index (χ4v) is 4.54. The minimum Gasteiger partial charge on any atom is -0.453 e. The van der Waals surface area contributed by atoms with Gasteiger partial charge in [0.1, 0.15) is 12.3 Å². The van der Waals surface area contributed by atoms with Crippen molar-refractivity contribution in [3.63, 3.8) is 0 Å². The number of methoxy groups -OCH3 is 1. The van der Waals surface area contributed by atoms with E-state index in [9.17, 15) is 4.79 Å². The lowest BCUT2D eigenvalue weighted by Crippen LogP contribution is -2.46. The van der Waals surface area contributed by atoms with Crippen LogP contribution in [0.5, 0.6) is 0 Å². The van der Waals surface area contributed by atoms with Crippen LogP contribution in [0, 0.1) is 0 Å². The first kappa shape index (κ1) is 22.8. The zero-order valence-electron chi connectivity index (χ0n) is 18.7. The van der Waals surface area contributed by atoms with Gasteiger partial charge in [0.15, 0.2) is 5.16 Å². The standard InChI is InChI=1S/C24H30N4O3S/c1-15(31-23(29)16-7-5-4-6-8-16)20-13-17-14-25-24(32-3)28-21(17)22(27-20)26-18-9-11-19(30-2)12-10-18/h4-8,13-15,18-19,22,26-27H,9-12H2,1-3H3/t15-,18?,19?,22?/m1/s1. The molecule has 0 saturated heterocycles. The first-order valence-corrected chi connectivity index (χ1v) is 12.2. The van der Waals surface area contributed by atoms with Crippen molar-refractivity contribution < 1.29 is 14.3 Å². The molecule has 0 bridgehead atoms. The molecule has 1 aliphatic carbocycles. The second kappa shape index (κ2) is 10.5. The second-order valence-corrected chi connectivity index (χ2v) is 8.94. The summed E-state index contributed by atoms with van der Waals surface area (Å²) >= 11 is 1.52. The van der Waals surface area contributed by atoms with Crippen LogP contribution < -0.4 is 10.6 Å². The van der Waals surface area contributed by atoms with E-state index in [0.29, 0.717) is 17.7 Å². The fourth-order valence-electron chi connectivity index (χ4n) is 4.19. The third kappa shape index (κ3) is 5.31. The van der Waals surface area contributed by atoms with Gasteiger partial charge in [-0.3, -0.25) is 5.32 Å². The Morgan fingerprint density at radius 2 is 1.97 bits per heavy atom. The van der Waals surface area contributed by atoms with Crippen molar-refractivity contribution in [1.29, 1.82) is 0 Å². The van der Waals surface area contributed by atoms with E-state index in [0.717, 1.165) is 47.8 Å². The Morgan fingerprint density at radius 3 is 2.66 bits per heavy atom. The number of aromatic nitrogens is 2. The van der Waals surface area contributed by atoms with Crippen molar-refractivity contribution in [2.75, 3.05) is 13.4 Å². The van der Waals surface area contributed by atoms with Crippen LogP contribution in [0.4, 0.5) is 0 Å². The Bertz CT molecular complexity index is 961. The molecule has 0 radical (unpaired) electrons. The molecule has 7 nitrogen and oxygen atoms in total. The second-order valence-electron chi connectivity index (χ2n) is 8.16. The predicted octanol–water partition coefficient (Wildman–Crippen LogP) is 3.93. The van der Waals surface area contributed by atoms with E-state index in [-0.39, 0.29) is 12.1 Å². The van der Waals surface area contributed by atoms with E-state index in [1.165, 1.54) is 11.8 Å². The summed E-state index contributed by atoms with van der Waals surface area (Å²) in [6, 6.07) is 9.41. The molecule has 2 aliphatic rings. The Morgan fingerprint density at radius 1 is 1.22 bits per heavy atom. The number of nitrogens with one attached hydrogen (secondary N) is 2. The van der Waals surface area contributed by atoms with Gasteiger partial charge in [-0.1, -0.05) is 30.0 Å². The van der Waals surface area contributed by atoms with Gasteiger partial charge in [0.25, 0.3) is 0 Å². The summed E-state index contributed by atoms with van der Waals surface area (Å²) in [4.78, 5) is 21.8. The smallest absolute Gasteiger partial charge is 0.338 e. The molecule has 1 aliphatic heterocycles. The number of carbonyl (C=O) groups excluding carboxylic acids is 1. The molecule has 1 fully saturated rings. The van der Waals surface area contributed by atoms with E-state index in [1.54, 1.807) is 19.2 Å². The quantitative estimate of drug-likeness (QED) is 0.370. The van der Waals surface area contributed by atoms with E-state index in [4.69, 9.17) is 14.5 Å². The number of benzene rings is 1. The highest BCUT2D eigenvalue weighted by molar-refractivity contribution is 7.98. The van der Waals surface area contributed by atoms with Crippen molar-refractivity contribution >= 4 is 23.8 Å². The highest BCUT2D eigenvalue weighted by Gasteiger charge is 2.30. The van der Waals surface area contributed by atoms with Crippen LogP contribution in [0.25, 0.3) is 6.08 Å². The Hall–Kier alpha value is -2.42. The van der Waals surface area contributed by atoms with Crippen molar-refractivity contribution in [3.05, 3.63) is 59.0 Å². The molecule has 2 heterocycles. The molecule has 0 amide bonds. The fraction of sp³-hybridized carbons (Fsp3) is 0.458. The SMILES string of the molecule is COC1CCC(NC2NC([C@@H](C)OC(=O)c3ccccc3)=Cc3cnc(SC)nc32)CC1. The Balaban J connectivity index is 1.52. The van der Waals surface area contributed by atoms with Gasteiger partial charge in [-0.05, 0) is 57.1 Å². The largest absolute Gasteiger partial charge is 0.453 e. The van der Waals surface area contributed by atoms with Gasteiger partial charge in [0, 0.05) is 24.9 Å². The minimum atomic E-state index is -0.440. The topological polar surface area (TPSA) is 85.4 Å². The normalized spacial score (nSPS) is 23.5. The third-order valence-corrected chi connectivity index (χ3v) is 6.61. The van der Waals surface area contributed by atoms with E-state index in [1.807, 2.05) is 43.7 Å². The molecule has 8 heteroatoms. The van der Waals surface area contributed by atoms with Crippen molar-refractivity contribution in [1.82, 2.24) is 20.6 Å². The van der Waals surface area contributed by atoms with Crippen LogP contribution in [0.15, 0.2) is 47.4 Å². The molecule has 0 spiro atoms. The number of nitrogens with zero attached hydrogens (tertiary/aromatic N) is 2. The average molecular weight is 455 g/mol. The third-order valence-electron chi connectivity index (χ3n) is 6.05. The van der Waals surface area contributed by atoms with Gasteiger partial charge < -0.3 is 14.8 Å². The number of fused-ring (bicyclic) bond motifs is 1. The first-order valence-electron chi connectivity index (χ1n) is 11.0. The number of carbonyl (C=O) groups is 1. The van der Waals surface area contributed by atoms with Gasteiger partial charge in [0.2, 0.25) is 0 Å². The highest BCUT2D eigenvalue weighted by Crippen LogP contribution is 2.29. The van der Waals surface area contributed by atoms with Crippen LogP contribution in [-0.4, -0.2) is 47.6 Å². The van der Waals surface area contributed by atoms with Crippen molar-refractivity contribution in [2.45, 2.75) is 62.2 Å². The van der Waals surface area contributed by atoms with Crippen molar-refractivity contribution in [3.8, 4) is 0 Å². The number of rotatable bonds is 7. The summed E-state index contributed by atoms with van der Waals surface area (Å²) in [6.07, 6.45) is 9.69. The first-order chi connectivity index (χ1) is 15.6. The van der Waals surface area contributed by atoms with Crippen LogP contribution >= 0.6 is 11.8 Å². The molecule has 2 atom stereocenters. The van der Waals surface area contributed by atoms with Crippen LogP contribution in [-0.2, 0) is 9.47 Å². The zero-order valence-corrected chi connectivity index (χ0v) is 19.5. The molecule has 1 aromatic carbocycles. The molecule has 4 rings (SSSR count). The van der Waals surface area contributed by atoms with Gasteiger partial charge in [-0.2, -0.15) is 0 Å². The van der Waals surface area contributed by atoms with Gasteiger partial charge in [-0.15, -0.1) is 0 Å². The average Bonchev–Trinajstić information content (AvgIpc) is 2.84. The summed E-state index contributed by atoms with van der Waals surface area (Å²) in [6.45, 7) is 1.88. The molecule has 32 heavy (non-hydrogen) atoms. The molecule has 2 N–H and O–H groups in total. The summed E-state index contributed by atoms with van der Waals surface area (Å²) in [7, 11) is 1.79.